The van der Waals surface area contributed by atoms with Crippen LogP contribution in [0.4, 0.5) is 0 Å². The van der Waals surface area contributed by atoms with Crippen LogP contribution in [0.15, 0.2) is 42.9 Å². The molecular weight excluding hydrogens is 250 g/mol. The first-order valence-electron chi connectivity index (χ1n) is 5.55. The summed E-state index contributed by atoms with van der Waals surface area (Å²) in [5, 5.41) is 0. The predicted molar refractivity (Wildman–Crippen MR) is 72.9 cm³/mol. The molecule has 18 heavy (non-hydrogen) atoms. The molecule has 2 rings (SSSR count). The Morgan fingerprint density at radius 2 is 2.00 bits per heavy atom. The molecule has 0 aliphatic heterocycles. The molecule has 0 unspecified atom stereocenters. The highest BCUT2D eigenvalue weighted by Gasteiger charge is 2.08. The number of hydrogen-bond acceptors (Lipinski definition) is 3. The number of halogens is 1. The minimum Gasteiger partial charge on any atom is -0.329 e. The minimum absolute atomic E-state index is 0.0411. The zero-order valence-corrected chi connectivity index (χ0v) is 11.0. The zero-order chi connectivity index (χ0) is 13.4. The molecule has 0 atom stereocenters. The van der Waals surface area contributed by atoms with E-state index in [1.54, 1.807) is 18.3 Å². The number of alkyl halides is 1. The maximum Gasteiger partial charge on any atom is 0.263 e. The summed E-state index contributed by atoms with van der Waals surface area (Å²) in [6.45, 7) is 2.44. The van der Waals surface area contributed by atoms with Crippen molar-refractivity contribution in [1.29, 1.82) is 0 Å². The molecule has 1 aromatic heterocycles. The Hall–Kier alpha value is -1.65. The van der Waals surface area contributed by atoms with Gasteiger partial charge in [0.15, 0.2) is 0 Å². The Labute approximate surface area is 111 Å². The number of imidazole rings is 1. The third-order valence-electron chi connectivity index (χ3n) is 2.17. The van der Waals surface area contributed by atoms with E-state index >= 15 is 0 Å². The monoisotopic (exact) mass is 265 g/mol. The van der Waals surface area contributed by atoms with Crippen LogP contribution in [-0.2, 0) is 0 Å². The Morgan fingerprint density at radius 1 is 1.39 bits per heavy atom. The van der Waals surface area contributed by atoms with Gasteiger partial charge in [-0.25, -0.2) is 4.98 Å². The molecule has 0 radical (unpaired) electrons. The SMILES string of the molecule is Cc1cncn1C(=O)c1ccccc1.NCCCl. The standard InChI is InChI=1S/C11H10N2O.C2H6ClN/c1-9-7-12-8-13(9)11(14)10-5-3-2-4-6-10;3-1-2-4/h2-8H,1H3;1-2,4H2. The number of nitrogens with two attached hydrogens (primary N) is 1. The average Bonchev–Trinajstić information content (AvgIpc) is 2.85. The van der Waals surface area contributed by atoms with Crippen molar-refractivity contribution < 1.29 is 4.79 Å². The highest BCUT2D eigenvalue weighted by Crippen LogP contribution is 2.04. The first-order valence-corrected chi connectivity index (χ1v) is 6.09. The van der Waals surface area contributed by atoms with E-state index in [0.717, 1.165) is 5.69 Å². The average molecular weight is 266 g/mol. The smallest absolute Gasteiger partial charge is 0.263 e. The fourth-order valence-corrected chi connectivity index (χ4v) is 1.29. The lowest BCUT2D eigenvalue weighted by molar-refractivity contribution is 0.0958. The van der Waals surface area contributed by atoms with E-state index in [-0.39, 0.29) is 5.91 Å². The van der Waals surface area contributed by atoms with Gasteiger partial charge in [-0.3, -0.25) is 9.36 Å². The van der Waals surface area contributed by atoms with Gasteiger partial charge in [-0.1, -0.05) is 18.2 Å². The van der Waals surface area contributed by atoms with Crippen molar-refractivity contribution in [2.24, 2.45) is 5.73 Å². The zero-order valence-electron chi connectivity index (χ0n) is 10.2. The molecule has 0 saturated heterocycles. The summed E-state index contributed by atoms with van der Waals surface area (Å²) in [6.07, 6.45) is 3.20. The number of benzene rings is 1. The molecule has 96 valence electrons. The van der Waals surface area contributed by atoms with Crippen LogP contribution in [0.5, 0.6) is 0 Å². The van der Waals surface area contributed by atoms with Crippen LogP contribution in [0.25, 0.3) is 0 Å². The van der Waals surface area contributed by atoms with Crippen LogP contribution in [0.3, 0.4) is 0 Å². The van der Waals surface area contributed by atoms with Crippen LogP contribution in [0.2, 0.25) is 0 Å². The van der Waals surface area contributed by atoms with Gasteiger partial charge >= 0.3 is 0 Å². The number of carbonyl (C=O) groups excluding carboxylic acids is 1. The maximum absolute atomic E-state index is 11.9. The molecule has 0 aliphatic carbocycles. The largest absolute Gasteiger partial charge is 0.329 e. The molecule has 2 aromatic rings. The van der Waals surface area contributed by atoms with Gasteiger partial charge in [-0.2, -0.15) is 0 Å². The molecular formula is C13H16ClN3O. The van der Waals surface area contributed by atoms with Gasteiger partial charge in [0, 0.05) is 29.9 Å². The van der Waals surface area contributed by atoms with Crippen molar-refractivity contribution in [1.82, 2.24) is 9.55 Å². The van der Waals surface area contributed by atoms with E-state index in [0.29, 0.717) is 18.0 Å². The molecule has 1 heterocycles. The van der Waals surface area contributed by atoms with Gasteiger partial charge in [0.05, 0.1) is 0 Å². The Morgan fingerprint density at radius 3 is 2.44 bits per heavy atom. The van der Waals surface area contributed by atoms with Crippen molar-refractivity contribution in [2.75, 3.05) is 12.4 Å². The Bertz CT molecular complexity index is 480. The van der Waals surface area contributed by atoms with E-state index in [2.05, 4.69) is 4.98 Å². The first-order chi connectivity index (χ1) is 8.70. The Kier molecular flexibility index (Phi) is 6.11. The van der Waals surface area contributed by atoms with Crippen molar-refractivity contribution in [3.05, 3.63) is 54.1 Å². The molecule has 0 aliphatic rings. The summed E-state index contributed by atoms with van der Waals surface area (Å²) in [6, 6.07) is 9.17. The quantitative estimate of drug-likeness (QED) is 0.846. The Balaban J connectivity index is 0.000000357. The molecule has 0 spiro atoms. The summed E-state index contributed by atoms with van der Waals surface area (Å²) in [5.74, 6) is 0.528. The summed E-state index contributed by atoms with van der Waals surface area (Å²) in [4.78, 5) is 15.8. The minimum atomic E-state index is -0.0411. The summed E-state index contributed by atoms with van der Waals surface area (Å²) in [7, 11) is 0. The summed E-state index contributed by atoms with van der Waals surface area (Å²) in [5.41, 5.74) is 6.42. The third-order valence-corrected chi connectivity index (χ3v) is 2.39. The number of carbonyl (C=O) groups is 1. The van der Waals surface area contributed by atoms with E-state index < -0.39 is 0 Å². The molecule has 0 bridgehead atoms. The second-order valence-corrected chi connectivity index (χ2v) is 3.93. The van der Waals surface area contributed by atoms with E-state index in [9.17, 15) is 4.79 Å². The fourth-order valence-electron chi connectivity index (χ4n) is 1.29. The van der Waals surface area contributed by atoms with Crippen LogP contribution in [0, 0.1) is 6.92 Å². The van der Waals surface area contributed by atoms with Crippen molar-refractivity contribution >= 4 is 17.5 Å². The third kappa shape index (κ3) is 3.98. The van der Waals surface area contributed by atoms with Crippen LogP contribution in [0.1, 0.15) is 16.1 Å². The van der Waals surface area contributed by atoms with Gasteiger partial charge in [-0.15, -0.1) is 11.6 Å². The van der Waals surface area contributed by atoms with E-state index in [1.165, 1.54) is 10.9 Å². The highest BCUT2D eigenvalue weighted by atomic mass is 35.5. The lowest BCUT2D eigenvalue weighted by Crippen LogP contribution is -2.11. The van der Waals surface area contributed by atoms with Gasteiger partial charge in [0.25, 0.3) is 5.91 Å². The molecule has 0 fully saturated rings. The fraction of sp³-hybridized carbons (Fsp3) is 0.231. The van der Waals surface area contributed by atoms with Crippen LogP contribution >= 0.6 is 11.6 Å². The summed E-state index contributed by atoms with van der Waals surface area (Å²) >= 11 is 5.06. The molecule has 0 amide bonds. The predicted octanol–water partition coefficient (Wildman–Crippen LogP) is 2.06. The molecule has 4 nitrogen and oxygen atoms in total. The van der Waals surface area contributed by atoms with Gasteiger partial charge in [0.1, 0.15) is 6.33 Å². The first kappa shape index (κ1) is 14.4. The topological polar surface area (TPSA) is 60.9 Å². The van der Waals surface area contributed by atoms with Crippen molar-refractivity contribution in [3.8, 4) is 0 Å². The number of hydrogen-bond donors (Lipinski definition) is 1. The van der Waals surface area contributed by atoms with Crippen molar-refractivity contribution in [3.63, 3.8) is 0 Å². The van der Waals surface area contributed by atoms with Crippen LogP contribution in [-0.4, -0.2) is 27.9 Å². The lowest BCUT2D eigenvalue weighted by Gasteiger charge is -2.02. The second kappa shape index (κ2) is 7.63. The molecule has 0 saturated carbocycles. The lowest BCUT2D eigenvalue weighted by atomic mass is 10.2. The van der Waals surface area contributed by atoms with E-state index in [4.69, 9.17) is 17.3 Å². The van der Waals surface area contributed by atoms with Gasteiger partial charge in [0.2, 0.25) is 0 Å². The molecule has 5 heteroatoms. The van der Waals surface area contributed by atoms with E-state index in [1.807, 2.05) is 25.1 Å². The maximum atomic E-state index is 11.9. The second-order valence-electron chi connectivity index (χ2n) is 3.55. The molecule has 1 aromatic carbocycles. The highest BCUT2D eigenvalue weighted by molar-refractivity contribution is 6.18. The summed E-state index contributed by atoms with van der Waals surface area (Å²) < 4.78 is 1.54. The van der Waals surface area contributed by atoms with Crippen LogP contribution < -0.4 is 5.73 Å². The number of aryl methyl sites for hydroxylation is 1. The van der Waals surface area contributed by atoms with Gasteiger partial charge in [-0.05, 0) is 19.1 Å². The number of rotatable bonds is 2. The number of nitrogens with zero attached hydrogens (tertiary/aromatic N) is 2. The number of aromatic nitrogens is 2. The van der Waals surface area contributed by atoms with Crippen molar-refractivity contribution in [2.45, 2.75) is 6.92 Å². The molecule has 2 N–H and O–H groups in total. The van der Waals surface area contributed by atoms with Gasteiger partial charge < -0.3 is 5.73 Å². The normalized spacial score (nSPS) is 9.50.